The van der Waals surface area contributed by atoms with Gasteiger partial charge in [-0.15, -0.1) is 6.58 Å². The van der Waals surface area contributed by atoms with E-state index in [9.17, 15) is 0 Å². The zero-order valence-corrected chi connectivity index (χ0v) is 14.5. The van der Waals surface area contributed by atoms with E-state index < -0.39 is 0 Å². The van der Waals surface area contributed by atoms with Crippen LogP contribution in [0.1, 0.15) is 54.4 Å². The Kier molecular flexibility index (Phi) is 7.34. The quantitative estimate of drug-likeness (QED) is 0.421. The molecule has 0 rings (SSSR count). The zero-order valence-electron chi connectivity index (χ0n) is 11.5. The predicted molar refractivity (Wildman–Crippen MR) is 87.3 cm³/mol. The van der Waals surface area contributed by atoms with Crippen LogP contribution in [0.15, 0.2) is 23.3 Å². The van der Waals surface area contributed by atoms with Gasteiger partial charge in [-0.3, -0.25) is 0 Å². The summed E-state index contributed by atoms with van der Waals surface area (Å²) < 4.78 is 0. The highest BCUT2D eigenvalue weighted by atomic mass is 127. The molecule has 0 fully saturated rings. The maximum atomic E-state index is 4.05. The van der Waals surface area contributed by atoms with Gasteiger partial charge in [-0.1, -0.05) is 53.3 Å². The SMILES string of the molecule is C=C(C)CC(SI)/C(=C(\C)CC)C(C)(C)C. The topological polar surface area (TPSA) is 0 Å². The third-order valence-corrected chi connectivity index (χ3v) is 5.22. The Hall–Kier alpha value is 0.560. The Morgan fingerprint density at radius 3 is 2.06 bits per heavy atom. The van der Waals surface area contributed by atoms with E-state index >= 15 is 0 Å². The number of halogens is 1. The molecular weight excluding hydrogens is 327 g/mol. The highest BCUT2D eigenvalue weighted by Gasteiger charge is 2.26. The molecule has 0 aliphatic heterocycles. The minimum Gasteiger partial charge on any atom is -0.100 e. The van der Waals surface area contributed by atoms with Crippen molar-refractivity contribution in [2.45, 2.75) is 59.6 Å². The summed E-state index contributed by atoms with van der Waals surface area (Å²) in [5.41, 5.74) is 4.69. The number of hydrogen-bond donors (Lipinski definition) is 0. The van der Waals surface area contributed by atoms with Crippen molar-refractivity contribution in [2.75, 3.05) is 0 Å². The van der Waals surface area contributed by atoms with Crippen LogP contribution in [0.25, 0.3) is 0 Å². The summed E-state index contributed by atoms with van der Waals surface area (Å²) in [5, 5.41) is 0.582. The fraction of sp³-hybridized carbons (Fsp3) is 0.714. The van der Waals surface area contributed by atoms with Crippen LogP contribution in [0, 0.1) is 5.41 Å². The summed E-state index contributed by atoms with van der Waals surface area (Å²) in [6.07, 6.45) is 2.24. The second-order valence-corrected chi connectivity index (χ2v) is 7.81. The van der Waals surface area contributed by atoms with Gasteiger partial charge in [0.05, 0.1) is 0 Å². The lowest BCUT2D eigenvalue weighted by atomic mass is 9.79. The molecule has 0 nitrogen and oxygen atoms in total. The minimum absolute atomic E-state index is 0.262. The van der Waals surface area contributed by atoms with Crippen LogP contribution >= 0.6 is 30.1 Å². The van der Waals surface area contributed by atoms with Crippen LogP contribution in [0.4, 0.5) is 0 Å². The molecule has 94 valence electrons. The van der Waals surface area contributed by atoms with Gasteiger partial charge in [0, 0.05) is 5.25 Å². The van der Waals surface area contributed by atoms with Gasteiger partial charge in [-0.25, -0.2) is 0 Å². The van der Waals surface area contributed by atoms with Gasteiger partial charge in [0.2, 0.25) is 0 Å². The lowest BCUT2D eigenvalue weighted by Gasteiger charge is -2.31. The van der Waals surface area contributed by atoms with Crippen molar-refractivity contribution >= 4 is 30.1 Å². The molecule has 16 heavy (non-hydrogen) atoms. The van der Waals surface area contributed by atoms with Crippen molar-refractivity contribution < 1.29 is 0 Å². The minimum atomic E-state index is 0.262. The van der Waals surface area contributed by atoms with Crippen LogP contribution in [-0.4, -0.2) is 5.25 Å². The van der Waals surface area contributed by atoms with Crippen molar-refractivity contribution in [3.05, 3.63) is 23.3 Å². The van der Waals surface area contributed by atoms with Crippen LogP contribution in [0.2, 0.25) is 0 Å². The van der Waals surface area contributed by atoms with E-state index in [1.54, 1.807) is 11.1 Å². The highest BCUT2D eigenvalue weighted by molar-refractivity contribution is 14.2. The molecule has 0 spiro atoms. The van der Waals surface area contributed by atoms with Crippen molar-refractivity contribution in [1.82, 2.24) is 0 Å². The van der Waals surface area contributed by atoms with Gasteiger partial charge < -0.3 is 0 Å². The molecule has 1 atom stereocenters. The first-order chi connectivity index (χ1) is 7.23. The maximum Gasteiger partial charge on any atom is 0.0401 e. The summed E-state index contributed by atoms with van der Waals surface area (Å²) in [7, 11) is 1.93. The van der Waals surface area contributed by atoms with Gasteiger partial charge in [0.1, 0.15) is 0 Å². The Bertz CT molecular complexity index is 271. The molecule has 0 amide bonds. The average Bonchev–Trinajstić information content (AvgIpc) is 2.13. The number of rotatable bonds is 5. The predicted octanol–water partition coefficient (Wildman–Crippen LogP) is 6.18. The molecule has 0 aromatic rings. The fourth-order valence-electron chi connectivity index (χ4n) is 2.08. The van der Waals surface area contributed by atoms with E-state index in [-0.39, 0.29) is 5.41 Å². The van der Waals surface area contributed by atoms with E-state index in [2.05, 4.69) is 69.3 Å². The van der Waals surface area contributed by atoms with Gasteiger partial charge >= 0.3 is 0 Å². The van der Waals surface area contributed by atoms with Gasteiger partial charge in [0.25, 0.3) is 0 Å². The molecule has 2 heteroatoms. The van der Waals surface area contributed by atoms with E-state index in [0.29, 0.717) is 5.25 Å². The molecule has 0 saturated carbocycles. The standard InChI is InChI=1S/C14H25IS/c1-8-11(4)13(14(5,6)7)12(16-15)9-10(2)3/h12H,2,8-9H2,1,3-7H3/b13-11-. The van der Waals surface area contributed by atoms with Gasteiger partial charge in [-0.2, -0.15) is 0 Å². The summed E-state index contributed by atoms with van der Waals surface area (Å²) in [6.45, 7) is 17.7. The number of hydrogen-bond acceptors (Lipinski definition) is 1. The van der Waals surface area contributed by atoms with E-state index in [0.717, 1.165) is 12.8 Å². The number of allylic oxidation sites excluding steroid dienone is 2. The second-order valence-electron chi connectivity index (χ2n) is 5.54. The fourth-order valence-corrected chi connectivity index (χ4v) is 4.38. The van der Waals surface area contributed by atoms with Crippen molar-refractivity contribution in [1.29, 1.82) is 0 Å². The van der Waals surface area contributed by atoms with E-state index in [4.69, 9.17) is 0 Å². The lowest BCUT2D eigenvalue weighted by molar-refractivity contribution is 0.478. The smallest absolute Gasteiger partial charge is 0.0401 e. The summed E-state index contributed by atoms with van der Waals surface area (Å²) in [5.74, 6) is 0. The van der Waals surface area contributed by atoms with Gasteiger partial charge in [0.15, 0.2) is 0 Å². The largest absolute Gasteiger partial charge is 0.100 e. The molecule has 0 saturated heterocycles. The molecule has 0 heterocycles. The van der Waals surface area contributed by atoms with Crippen LogP contribution in [0.3, 0.4) is 0 Å². The van der Waals surface area contributed by atoms with E-state index in [1.165, 1.54) is 5.57 Å². The van der Waals surface area contributed by atoms with Crippen LogP contribution in [0.5, 0.6) is 0 Å². The Labute approximate surface area is 118 Å². The third-order valence-electron chi connectivity index (χ3n) is 2.76. The highest BCUT2D eigenvalue weighted by Crippen LogP contribution is 2.41. The van der Waals surface area contributed by atoms with Gasteiger partial charge in [-0.05, 0) is 53.3 Å². The van der Waals surface area contributed by atoms with Crippen LogP contribution in [-0.2, 0) is 0 Å². The molecule has 0 aliphatic rings. The third kappa shape index (κ3) is 5.26. The summed E-state index contributed by atoms with van der Waals surface area (Å²) in [4.78, 5) is 0. The molecule has 0 aliphatic carbocycles. The van der Waals surface area contributed by atoms with Crippen molar-refractivity contribution in [3.8, 4) is 0 Å². The molecule has 0 radical (unpaired) electrons. The molecule has 0 aromatic heterocycles. The average molecular weight is 352 g/mol. The van der Waals surface area contributed by atoms with Crippen molar-refractivity contribution in [2.24, 2.45) is 5.41 Å². The first-order valence-electron chi connectivity index (χ1n) is 5.85. The summed E-state index contributed by atoms with van der Waals surface area (Å²) >= 11 is 2.43. The first-order valence-corrected chi connectivity index (χ1v) is 9.28. The second kappa shape index (κ2) is 7.10. The van der Waals surface area contributed by atoms with Crippen LogP contribution < -0.4 is 0 Å². The molecular formula is C14H25IS. The Morgan fingerprint density at radius 2 is 1.81 bits per heavy atom. The maximum absolute atomic E-state index is 4.05. The Balaban J connectivity index is 5.25. The Morgan fingerprint density at radius 1 is 1.31 bits per heavy atom. The molecule has 1 unspecified atom stereocenters. The molecule has 0 bridgehead atoms. The molecule has 0 aromatic carbocycles. The lowest BCUT2D eigenvalue weighted by Crippen LogP contribution is -2.21. The zero-order chi connectivity index (χ0) is 12.9. The first kappa shape index (κ1) is 16.6. The monoisotopic (exact) mass is 352 g/mol. The van der Waals surface area contributed by atoms with Crippen molar-refractivity contribution in [3.63, 3.8) is 0 Å². The molecule has 0 N–H and O–H groups in total. The summed E-state index contributed by atoms with van der Waals surface area (Å²) in [6, 6.07) is 0. The normalized spacial score (nSPS) is 15.7. The van der Waals surface area contributed by atoms with E-state index in [1.807, 2.05) is 8.93 Å².